The van der Waals surface area contributed by atoms with Crippen molar-refractivity contribution in [2.75, 3.05) is 4.72 Å². The van der Waals surface area contributed by atoms with Crippen LogP contribution in [0.4, 0.5) is 5.82 Å². The van der Waals surface area contributed by atoms with Crippen molar-refractivity contribution in [1.29, 1.82) is 0 Å². The summed E-state index contributed by atoms with van der Waals surface area (Å²) < 4.78 is 31.0. The zero-order valence-electron chi connectivity index (χ0n) is 15.8. The fourth-order valence-electron chi connectivity index (χ4n) is 3.02. The maximum atomic E-state index is 12.8. The smallest absolute Gasteiger partial charge is 0.263 e. The minimum Gasteiger partial charge on any atom is -0.312 e. The SMILES string of the molecule is CCc1ccc(S(=O)(=O)Nc2ncnc3c2nc(-c2ccc(Br)cc2)n3C)cc1. The molecule has 29 heavy (non-hydrogen) atoms. The molecule has 0 atom stereocenters. The van der Waals surface area contributed by atoms with Crippen LogP contribution in [0.2, 0.25) is 0 Å². The molecule has 0 fully saturated rings. The van der Waals surface area contributed by atoms with Gasteiger partial charge in [0.1, 0.15) is 12.2 Å². The first-order chi connectivity index (χ1) is 13.9. The lowest BCUT2D eigenvalue weighted by Gasteiger charge is -2.08. The van der Waals surface area contributed by atoms with Crippen LogP contribution < -0.4 is 4.72 Å². The van der Waals surface area contributed by atoms with Gasteiger partial charge in [-0.25, -0.2) is 23.4 Å². The zero-order valence-corrected chi connectivity index (χ0v) is 18.2. The second-order valence-corrected chi connectivity index (χ2v) is 9.10. The van der Waals surface area contributed by atoms with Crippen LogP contribution in [0.15, 0.2) is 64.2 Å². The van der Waals surface area contributed by atoms with Gasteiger partial charge in [0.2, 0.25) is 0 Å². The summed E-state index contributed by atoms with van der Waals surface area (Å²) >= 11 is 3.42. The van der Waals surface area contributed by atoms with Gasteiger partial charge in [0.25, 0.3) is 10.0 Å². The van der Waals surface area contributed by atoms with E-state index in [2.05, 4.69) is 35.6 Å². The second kappa shape index (κ2) is 7.57. The van der Waals surface area contributed by atoms with Gasteiger partial charge >= 0.3 is 0 Å². The number of nitrogens with zero attached hydrogens (tertiary/aromatic N) is 4. The summed E-state index contributed by atoms with van der Waals surface area (Å²) in [5.41, 5.74) is 2.88. The van der Waals surface area contributed by atoms with Crippen LogP contribution in [0.3, 0.4) is 0 Å². The molecule has 1 N–H and O–H groups in total. The molecule has 0 spiro atoms. The lowest BCUT2D eigenvalue weighted by atomic mass is 10.2. The molecule has 7 nitrogen and oxygen atoms in total. The first-order valence-corrected chi connectivity index (χ1v) is 11.2. The molecular weight excluding hydrogens is 454 g/mol. The quantitative estimate of drug-likeness (QED) is 0.471. The molecule has 0 saturated carbocycles. The number of hydrogen-bond acceptors (Lipinski definition) is 5. The van der Waals surface area contributed by atoms with E-state index in [4.69, 9.17) is 0 Å². The Labute approximate surface area is 177 Å². The Morgan fingerprint density at radius 3 is 2.38 bits per heavy atom. The van der Waals surface area contributed by atoms with E-state index in [1.807, 2.05) is 42.8 Å². The van der Waals surface area contributed by atoms with Gasteiger partial charge in [-0.1, -0.05) is 47.1 Å². The molecular formula is C20H18BrN5O2S. The Hall–Kier alpha value is -2.78. The number of aryl methyl sites for hydroxylation is 2. The van der Waals surface area contributed by atoms with E-state index in [1.165, 1.54) is 6.33 Å². The molecule has 4 aromatic rings. The minimum atomic E-state index is -3.80. The third-order valence-corrected chi connectivity index (χ3v) is 6.51. The van der Waals surface area contributed by atoms with Crippen molar-refractivity contribution in [3.8, 4) is 11.4 Å². The Bertz CT molecular complexity index is 1280. The monoisotopic (exact) mass is 471 g/mol. The molecule has 0 aliphatic heterocycles. The highest BCUT2D eigenvalue weighted by atomic mass is 79.9. The van der Waals surface area contributed by atoms with Gasteiger partial charge in [0.05, 0.1) is 4.90 Å². The lowest BCUT2D eigenvalue weighted by molar-refractivity contribution is 0.601. The number of anilines is 1. The summed E-state index contributed by atoms with van der Waals surface area (Å²) in [6.07, 6.45) is 2.17. The molecule has 9 heteroatoms. The van der Waals surface area contributed by atoms with Crippen molar-refractivity contribution in [2.45, 2.75) is 18.2 Å². The predicted molar refractivity (Wildman–Crippen MR) is 116 cm³/mol. The summed E-state index contributed by atoms with van der Waals surface area (Å²) in [5.74, 6) is 0.814. The number of benzene rings is 2. The number of hydrogen-bond donors (Lipinski definition) is 1. The highest BCUT2D eigenvalue weighted by Crippen LogP contribution is 2.28. The van der Waals surface area contributed by atoms with Crippen molar-refractivity contribution in [3.63, 3.8) is 0 Å². The Kier molecular flexibility index (Phi) is 5.10. The summed E-state index contributed by atoms with van der Waals surface area (Å²) in [4.78, 5) is 13.2. The summed E-state index contributed by atoms with van der Waals surface area (Å²) in [7, 11) is -1.96. The molecule has 0 amide bonds. The largest absolute Gasteiger partial charge is 0.312 e. The molecule has 2 heterocycles. The number of aromatic nitrogens is 4. The van der Waals surface area contributed by atoms with Gasteiger partial charge in [0.15, 0.2) is 17.0 Å². The molecule has 2 aromatic heterocycles. The second-order valence-electron chi connectivity index (χ2n) is 6.50. The Morgan fingerprint density at radius 1 is 1.03 bits per heavy atom. The van der Waals surface area contributed by atoms with Crippen molar-refractivity contribution in [1.82, 2.24) is 19.5 Å². The van der Waals surface area contributed by atoms with E-state index in [1.54, 1.807) is 24.3 Å². The van der Waals surface area contributed by atoms with E-state index in [9.17, 15) is 8.42 Å². The molecule has 0 bridgehead atoms. The van der Waals surface area contributed by atoms with Gasteiger partial charge in [0, 0.05) is 17.1 Å². The molecule has 0 saturated heterocycles. The van der Waals surface area contributed by atoms with E-state index >= 15 is 0 Å². The average molecular weight is 472 g/mol. The summed E-state index contributed by atoms with van der Waals surface area (Å²) in [6.45, 7) is 2.02. The Balaban J connectivity index is 1.76. The number of fused-ring (bicyclic) bond motifs is 1. The molecule has 2 aromatic carbocycles. The van der Waals surface area contributed by atoms with Crippen molar-refractivity contribution in [3.05, 3.63) is 64.9 Å². The van der Waals surface area contributed by atoms with Crippen molar-refractivity contribution >= 4 is 42.9 Å². The average Bonchev–Trinajstić information content (AvgIpc) is 3.06. The summed E-state index contributed by atoms with van der Waals surface area (Å²) in [5, 5.41) is 0. The van der Waals surface area contributed by atoms with Gasteiger partial charge in [-0.05, 0) is 36.2 Å². The van der Waals surface area contributed by atoms with Gasteiger partial charge in [-0.2, -0.15) is 0 Å². The number of nitrogens with one attached hydrogen (secondary N) is 1. The fourth-order valence-corrected chi connectivity index (χ4v) is 4.30. The summed E-state index contributed by atoms with van der Waals surface area (Å²) in [6, 6.07) is 14.5. The van der Waals surface area contributed by atoms with E-state index < -0.39 is 10.0 Å². The first kappa shape index (κ1) is 19.5. The Morgan fingerprint density at radius 2 is 1.72 bits per heavy atom. The third-order valence-electron chi connectivity index (χ3n) is 4.63. The van der Waals surface area contributed by atoms with Crippen molar-refractivity contribution in [2.24, 2.45) is 7.05 Å². The van der Waals surface area contributed by atoms with E-state index in [0.717, 1.165) is 22.0 Å². The molecule has 0 radical (unpaired) electrons. The van der Waals surface area contributed by atoms with Crippen molar-refractivity contribution < 1.29 is 8.42 Å². The third kappa shape index (κ3) is 3.75. The van der Waals surface area contributed by atoms with Crippen LogP contribution in [0.1, 0.15) is 12.5 Å². The van der Waals surface area contributed by atoms with Gasteiger partial charge < -0.3 is 4.57 Å². The number of sulfonamides is 1. The molecule has 4 rings (SSSR count). The van der Waals surface area contributed by atoms with Crippen LogP contribution in [0, 0.1) is 0 Å². The van der Waals surface area contributed by atoms with Crippen LogP contribution in [0.5, 0.6) is 0 Å². The molecule has 0 unspecified atom stereocenters. The molecule has 0 aliphatic rings. The fraction of sp³-hybridized carbons (Fsp3) is 0.150. The normalized spacial score (nSPS) is 11.7. The number of imidazole rings is 1. The van der Waals surface area contributed by atoms with Crippen LogP contribution in [-0.2, 0) is 23.5 Å². The zero-order chi connectivity index (χ0) is 20.6. The highest BCUT2D eigenvalue weighted by Gasteiger charge is 2.20. The maximum absolute atomic E-state index is 12.8. The highest BCUT2D eigenvalue weighted by molar-refractivity contribution is 9.10. The van der Waals surface area contributed by atoms with Gasteiger partial charge in [-0.3, -0.25) is 4.72 Å². The first-order valence-electron chi connectivity index (χ1n) is 8.94. The minimum absolute atomic E-state index is 0.147. The standard InChI is InChI=1S/C20H18BrN5O2S/c1-3-13-4-10-16(11-5-13)29(27,28)25-18-17-20(23-12-22-18)26(2)19(24-17)14-6-8-15(21)9-7-14/h4-12H,3H2,1-2H3,(H,22,23,25). The lowest BCUT2D eigenvalue weighted by Crippen LogP contribution is -2.14. The van der Waals surface area contributed by atoms with E-state index in [-0.39, 0.29) is 10.7 Å². The van der Waals surface area contributed by atoms with Gasteiger partial charge in [-0.15, -0.1) is 0 Å². The van der Waals surface area contributed by atoms with E-state index in [0.29, 0.717) is 17.0 Å². The van der Waals surface area contributed by atoms with Crippen LogP contribution in [-0.4, -0.2) is 27.9 Å². The molecule has 148 valence electrons. The number of rotatable bonds is 5. The molecule has 0 aliphatic carbocycles. The maximum Gasteiger partial charge on any atom is 0.263 e. The van der Waals surface area contributed by atoms with Crippen LogP contribution >= 0.6 is 15.9 Å². The predicted octanol–water partition coefficient (Wildman–Crippen LogP) is 4.16. The van der Waals surface area contributed by atoms with Crippen LogP contribution in [0.25, 0.3) is 22.6 Å². The topological polar surface area (TPSA) is 89.8 Å². The number of halogens is 1.